The molecule has 0 radical (unpaired) electrons. The van der Waals surface area contributed by atoms with Gasteiger partial charge >= 0.3 is 0 Å². The molecule has 0 heterocycles. The van der Waals surface area contributed by atoms with Crippen LogP contribution in [0.5, 0.6) is 11.5 Å². The van der Waals surface area contributed by atoms with Crippen LogP contribution in [0.3, 0.4) is 0 Å². The molecule has 0 aliphatic carbocycles. The molecule has 0 spiro atoms. The van der Waals surface area contributed by atoms with Gasteiger partial charge in [0.1, 0.15) is 11.5 Å². The van der Waals surface area contributed by atoms with Crippen molar-refractivity contribution in [3.05, 3.63) is 58.1 Å². The number of rotatable bonds is 6. The van der Waals surface area contributed by atoms with Crippen molar-refractivity contribution in [2.45, 2.75) is 13.8 Å². The summed E-state index contributed by atoms with van der Waals surface area (Å²) in [5.41, 5.74) is 0.236. The van der Waals surface area contributed by atoms with Crippen LogP contribution in [0, 0.1) is 16.0 Å². The molecule has 0 atom stereocenters. The van der Waals surface area contributed by atoms with Crippen molar-refractivity contribution < 1.29 is 19.6 Å². The highest BCUT2D eigenvalue weighted by Gasteiger charge is 2.13. The zero-order valence-corrected chi connectivity index (χ0v) is 15.6. The maximum absolute atomic E-state index is 12.3. The Morgan fingerprint density at radius 1 is 1.30 bits per heavy atom. The smallest absolute Gasteiger partial charge is 0.273 e. The van der Waals surface area contributed by atoms with E-state index in [9.17, 15) is 20.0 Å². The summed E-state index contributed by atoms with van der Waals surface area (Å²) < 4.78 is 5.59. The van der Waals surface area contributed by atoms with E-state index in [1.165, 1.54) is 12.1 Å². The molecule has 0 aliphatic heterocycles. The lowest BCUT2D eigenvalue weighted by molar-refractivity contribution is -0.384. The summed E-state index contributed by atoms with van der Waals surface area (Å²) in [7, 11) is 0. The Morgan fingerprint density at radius 2 is 2.04 bits per heavy atom. The number of nitro groups is 1. The number of amides is 1. The van der Waals surface area contributed by atoms with E-state index in [4.69, 9.17) is 17.0 Å². The quantitative estimate of drug-likeness (QED) is 0.300. The van der Waals surface area contributed by atoms with Crippen LogP contribution in [0.1, 0.15) is 24.2 Å². The molecule has 142 valence electrons. The van der Waals surface area contributed by atoms with Gasteiger partial charge < -0.3 is 15.2 Å². The van der Waals surface area contributed by atoms with Gasteiger partial charge in [-0.15, -0.1) is 0 Å². The number of benzene rings is 2. The van der Waals surface area contributed by atoms with E-state index in [0.29, 0.717) is 23.8 Å². The van der Waals surface area contributed by atoms with Crippen LogP contribution in [0.4, 0.5) is 11.4 Å². The summed E-state index contributed by atoms with van der Waals surface area (Å²) in [5, 5.41) is 25.6. The molecular formula is C18H19N3O5S. The number of aromatic hydroxyl groups is 1. The Morgan fingerprint density at radius 3 is 2.67 bits per heavy atom. The van der Waals surface area contributed by atoms with E-state index in [0.717, 1.165) is 6.07 Å². The van der Waals surface area contributed by atoms with Crippen LogP contribution in [0.25, 0.3) is 0 Å². The van der Waals surface area contributed by atoms with Crippen LogP contribution >= 0.6 is 12.2 Å². The number of nitrogens with zero attached hydrogens (tertiary/aromatic N) is 1. The Hall–Kier alpha value is -3.20. The fourth-order valence-corrected chi connectivity index (χ4v) is 2.26. The van der Waals surface area contributed by atoms with Crippen LogP contribution in [-0.4, -0.2) is 27.7 Å². The number of hydrogen-bond donors (Lipinski definition) is 3. The standard InChI is InChI=1S/C18H19N3O5S/c1-11(2)10-26-14-5-3-4-12(8-14)17(23)20-18(27)19-15-7-6-13(21(24)25)9-16(15)22/h3-9,11,22H,10H2,1-2H3,(H2,19,20,23,27). The minimum atomic E-state index is -0.627. The first-order valence-corrected chi connectivity index (χ1v) is 8.49. The number of carbonyl (C=O) groups excluding carboxylic acids is 1. The third-order valence-corrected chi connectivity index (χ3v) is 3.55. The first-order chi connectivity index (χ1) is 12.8. The van der Waals surface area contributed by atoms with Gasteiger partial charge in [0.05, 0.1) is 23.3 Å². The Labute approximate surface area is 161 Å². The van der Waals surface area contributed by atoms with E-state index in [1.807, 2.05) is 13.8 Å². The number of non-ortho nitro benzene ring substituents is 1. The van der Waals surface area contributed by atoms with Crippen LogP contribution in [0.2, 0.25) is 0 Å². The number of nitrogens with one attached hydrogen (secondary N) is 2. The summed E-state index contributed by atoms with van der Waals surface area (Å²) in [6, 6.07) is 10.2. The highest BCUT2D eigenvalue weighted by atomic mass is 32.1. The topological polar surface area (TPSA) is 114 Å². The van der Waals surface area contributed by atoms with E-state index in [2.05, 4.69) is 10.6 Å². The van der Waals surface area contributed by atoms with Crippen LogP contribution in [-0.2, 0) is 0 Å². The average molecular weight is 389 g/mol. The summed E-state index contributed by atoms with van der Waals surface area (Å²) in [6.45, 7) is 4.58. The molecule has 2 aromatic rings. The molecule has 3 N–H and O–H groups in total. The van der Waals surface area contributed by atoms with E-state index in [-0.39, 0.29) is 22.2 Å². The van der Waals surface area contributed by atoms with Gasteiger partial charge in [0, 0.05) is 11.6 Å². The van der Waals surface area contributed by atoms with Gasteiger partial charge in [0.25, 0.3) is 11.6 Å². The zero-order valence-electron chi connectivity index (χ0n) is 14.8. The second kappa shape index (κ2) is 8.95. The first-order valence-electron chi connectivity index (χ1n) is 8.09. The lowest BCUT2D eigenvalue weighted by atomic mass is 10.2. The summed E-state index contributed by atoms with van der Waals surface area (Å²) >= 11 is 5.06. The highest BCUT2D eigenvalue weighted by molar-refractivity contribution is 7.80. The highest BCUT2D eigenvalue weighted by Crippen LogP contribution is 2.27. The number of phenolic OH excluding ortho intramolecular Hbond substituents is 1. The van der Waals surface area contributed by atoms with Gasteiger partial charge in [-0.1, -0.05) is 19.9 Å². The lowest BCUT2D eigenvalue weighted by Crippen LogP contribution is -2.34. The minimum Gasteiger partial charge on any atom is -0.506 e. The molecule has 0 unspecified atom stereocenters. The summed E-state index contributed by atoms with van der Waals surface area (Å²) in [5.74, 6) is 0.116. The minimum absolute atomic E-state index is 0.0577. The molecule has 0 aliphatic rings. The molecule has 0 fully saturated rings. The maximum atomic E-state index is 12.3. The first kappa shape index (κ1) is 20.1. The zero-order chi connectivity index (χ0) is 20.0. The Balaban J connectivity index is 2.00. The molecule has 8 nitrogen and oxygen atoms in total. The predicted octanol–water partition coefficient (Wildman–Crippen LogP) is 3.46. The van der Waals surface area contributed by atoms with Gasteiger partial charge in [0.15, 0.2) is 5.11 Å². The molecule has 2 rings (SSSR count). The lowest BCUT2D eigenvalue weighted by Gasteiger charge is -2.12. The maximum Gasteiger partial charge on any atom is 0.273 e. The fourth-order valence-electron chi connectivity index (χ4n) is 2.06. The average Bonchev–Trinajstić information content (AvgIpc) is 2.61. The predicted molar refractivity (Wildman–Crippen MR) is 105 cm³/mol. The molecule has 0 saturated carbocycles. The summed E-state index contributed by atoms with van der Waals surface area (Å²) in [6.07, 6.45) is 0. The fraction of sp³-hybridized carbons (Fsp3) is 0.222. The largest absolute Gasteiger partial charge is 0.506 e. The molecule has 1 amide bonds. The molecule has 0 aromatic heterocycles. The van der Waals surface area contributed by atoms with Crippen LogP contribution < -0.4 is 15.4 Å². The van der Waals surface area contributed by atoms with Crippen molar-refractivity contribution in [2.24, 2.45) is 5.92 Å². The SMILES string of the molecule is CC(C)COc1cccc(C(=O)NC(=S)Nc2ccc([N+](=O)[O-])cc2O)c1. The molecule has 0 bridgehead atoms. The van der Waals surface area contributed by atoms with Crippen molar-refractivity contribution in [1.82, 2.24) is 5.32 Å². The van der Waals surface area contributed by atoms with E-state index < -0.39 is 10.8 Å². The van der Waals surface area contributed by atoms with Gasteiger partial charge in [-0.3, -0.25) is 20.2 Å². The van der Waals surface area contributed by atoms with E-state index in [1.54, 1.807) is 24.3 Å². The van der Waals surface area contributed by atoms with Gasteiger partial charge in [-0.25, -0.2) is 0 Å². The Kier molecular flexibility index (Phi) is 6.67. The monoisotopic (exact) mass is 389 g/mol. The second-order valence-electron chi connectivity index (χ2n) is 6.10. The summed E-state index contributed by atoms with van der Waals surface area (Å²) in [4.78, 5) is 22.4. The van der Waals surface area contributed by atoms with E-state index >= 15 is 0 Å². The number of ether oxygens (including phenoxy) is 1. The number of nitro benzene ring substituents is 1. The van der Waals surface area contributed by atoms with Crippen LogP contribution in [0.15, 0.2) is 42.5 Å². The molecule has 0 saturated heterocycles. The number of anilines is 1. The van der Waals surface area contributed by atoms with Gasteiger partial charge in [-0.2, -0.15) is 0 Å². The van der Waals surface area contributed by atoms with Crippen molar-refractivity contribution in [3.63, 3.8) is 0 Å². The normalized spacial score (nSPS) is 10.3. The Bertz CT molecular complexity index is 870. The van der Waals surface area contributed by atoms with Crippen molar-refractivity contribution >= 4 is 34.6 Å². The van der Waals surface area contributed by atoms with Crippen molar-refractivity contribution in [1.29, 1.82) is 0 Å². The molecule has 9 heteroatoms. The third-order valence-electron chi connectivity index (χ3n) is 3.35. The second-order valence-corrected chi connectivity index (χ2v) is 6.51. The molecule has 27 heavy (non-hydrogen) atoms. The molecule has 2 aromatic carbocycles. The van der Waals surface area contributed by atoms with Crippen molar-refractivity contribution in [2.75, 3.05) is 11.9 Å². The molecular weight excluding hydrogens is 370 g/mol. The number of hydrogen-bond acceptors (Lipinski definition) is 6. The van der Waals surface area contributed by atoms with Gasteiger partial charge in [-0.05, 0) is 42.4 Å². The van der Waals surface area contributed by atoms with Crippen molar-refractivity contribution in [3.8, 4) is 11.5 Å². The third kappa shape index (κ3) is 5.93. The number of thiocarbonyl (C=S) groups is 1. The number of carbonyl (C=O) groups is 1. The van der Waals surface area contributed by atoms with Gasteiger partial charge in [0.2, 0.25) is 0 Å². The number of phenols is 1.